The number of benzene rings is 1. The number of hydrogen-bond donors (Lipinski definition) is 1. The number of ketones is 1. The van der Waals surface area contributed by atoms with Gasteiger partial charge >= 0.3 is 0 Å². The Hall–Kier alpha value is -3.05. The van der Waals surface area contributed by atoms with Crippen LogP contribution in [0.3, 0.4) is 0 Å². The Kier molecular flexibility index (Phi) is 6.39. The van der Waals surface area contributed by atoms with E-state index in [0.717, 1.165) is 0 Å². The number of allylic oxidation sites excluding steroid dienone is 1. The standard InChI is InChI=1S/C21H23F2N3O3/c1-4-14(12-25(2)3)21(27)17-9-15-10-19(29-13-20(22)23)18(11-16(15)24-17)26-5-7-28-8-6-26/h1,9-12,20,24H,5-8,13H2,2-3H3/b14-12+. The molecule has 154 valence electrons. The van der Waals surface area contributed by atoms with E-state index in [-0.39, 0.29) is 11.4 Å². The first-order chi connectivity index (χ1) is 13.9. The van der Waals surface area contributed by atoms with Crippen LogP contribution in [0.2, 0.25) is 0 Å². The topological polar surface area (TPSA) is 57.8 Å². The molecule has 1 aromatic heterocycles. The van der Waals surface area contributed by atoms with E-state index in [9.17, 15) is 13.6 Å². The number of ether oxygens (including phenoxy) is 2. The number of hydrogen-bond acceptors (Lipinski definition) is 5. The van der Waals surface area contributed by atoms with E-state index in [2.05, 4.69) is 10.9 Å². The van der Waals surface area contributed by atoms with Crippen molar-refractivity contribution in [2.24, 2.45) is 0 Å². The number of alkyl halides is 2. The van der Waals surface area contributed by atoms with E-state index >= 15 is 0 Å². The summed E-state index contributed by atoms with van der Waals surface area (Å²) in [5, 5.41) is 0.677. The molecule has 2 aromatic rings. The van der Waals surface area contributed by atoms with Crippen molar-refractivity contribution in [1.29, 1.82) is 0 Å². The Bertz CT molecular complexity index is 954. The Balaban J connectivity index is 2.01. The molecule has 0 unspecified atom stereocenters. The van der Waals surface area contributed by atoms with Gasteiger partial charge in [-0.1, -0.05) is 5.92 Å². The molecule has 1 aromatic carbocycles. The summed E-state index contributed by atoms with van der Waals surface area (Å²) in [4.78, 5) is 19.5. The maximum absolute atomic E-state index is 12.7. The predicted molar refractivity (Wildman–Crippen MR) is 108 cm³/mol. The molecule has 3 rings (SSSR count). The Morgan fingerprint density at radius 1 is 1.38 bits per heavy atom. The van der Waals surface area contributed by atoms with Gasteiger partial charge in [0.1, 0.15) is 12.4 Å². The van der Waals surface area contributed by atoms with Gasteiger partial charge in [0.2, 0.25) is 5.78 Å². The van der Waals surface area contributed by atoms with Gasteiger partial charge in [0, 0.05) is 44.3 Å². The second-order valence-electron chi connectivity index (χ2n) is 6.87. The fourth-order valence-electron chi connectivity index (χ4n) is 3.16. The van der Waals surface area contributed by atoms with Gasteiger partial charge in [-0.3, -0.25) is 4.79 Å². The predicted octanol–water partition coefficient (Wildman–Crippen LogP) is 2.91. The number of H-pyrrole nitrogens is 1. The Morgan fingerprint density at radius 2 is 2.10 bits per heavy atom. The van der Waals surface area contributed by atoms with Crippen LogP contribution >= 0.6 is 0 Å². The molecule has 1 aliphatic rings. The largest absolute Gasteiger partial charge is 0.485 e. The first-order valence-electron chi connectivity index (χ1n) is 9.19. The zero-order valence-electron chi connectivity index (χ0n) is 16.4. The zero-order chi connectivity index (χ0) is 21.0. The molecule has 29 heavy (non-hydrogen) atoms. The number of nitrogens with one attached hydrogen (secondary N) is 1. The fourth-order valence-corrected chi connectivity index (χ4v) is 3.16. The molecule has 1 N–H and O–H groups in total. The van der Waals surface area contributed by atoms with Crippen molar-refractivity contribution in [1.82, 2.24) is 9.88 Å². The van der Waals surface area contributed by atoms with Crippen LogP contribution in [0.5, 0.6) is 5.75 Å². The van der Waals surface area contributed by atoms with Gasteiger partial charge in [0.25, 0.3) is 6.43 Å². The molecule has 1 aliphatic heterocycles. The van der Waals surface area contributed by atoms with Gasteiger partial charge in [-0.05, 0) is 18.2 Å². The van der Waals surface area contributed by atoms with Crippen molar-refractivity contribution >= 4 is 22.4 Å². The summed E-state index contributed by atoms with van der Waals surface area (Å²) in [5.74, 6) is 2.43. The average Bonchev–Trinajstić information content (AvgIpc) is 3.12. The lowest BCUT2D eigenvalue weighted by atomic mass is 10.1. The van der Waals surface area contributed by atoms with Crippen LogP contribution in [0.15, 0.2) is 30.0 Å². The molecular formula is C21H23F2N3O3. The number of Topliss-reactive ketones (excluding diaryl/α,β-unsaturated/α-hetero) is 1. The second-order valence-corrected chi connectivity index (χ2v) is 6.87. The summed E-state index contributed by atoms with van der Waals surface area (Å²) < 4.78 is 36.2. The van der Waals surface area contributed by atoms with Gasteiger partial charge in [0.15, 0.2) is 0 Å². The molecule has 8 heteroatoms. The van der Waals surface area contributed by atoms with Gasteiger partial charge in [-0.15, -0.1) is 6.42 Å². The van der Waals surface area contributed by atoms with Gasteiger partial charge < -0.3 is 24.3 Å². The first kappa shape index (κ1) is 20.7. The number of anilines is 1. The van der Waals surface area contributed by atoms with Crippen molar-refractivity contribution in [2.75, 3.05) is 51.9 Å². The number of nitrogens with zero attached hydrogens (tertiary/aromatic N) is 2. The number of carbonyl (C=O) groups is 1. The van der Waals surface area contributed by atoms with Crippen molar-refractivity contribution in [3.63, 3.8) is 0 Å². The number of aromatic amines is 1. The number of halogens is 2. The molecule has 0 saturated carbocycles. The third-order valence-electron chi connectivity index (χ3n) is 4.45. The highest BCUT2D eigenvalue weighted by Crippen LogP contribution is 2.34. The molecule has 0 radical (unpaired) electrons. The quantitative estimate of drug-likeness (QED) is 0.438. The van der Waals surface area contributed by atoms with E-state index in [1.165, 1.54) is 0 Å². The third kappa shape index (κ3) is 4.87. The van der Waals surface area contributed by atoms with Crippen molar-refractivity contribution < 1.29 is 23.0 Å². The van der Waals surface area contributed by atoms with Crippen molar-refractivity contribution in [2.45, 2.75) is 6.43 Å². The van der Waals surface area contributed by atoms with Gasteiger partial charge in [-0.25, -0.2) is 8.78 Å². The smallest absolute Gasteiger partial charge is 0.272 e. The summed E-state index contributed by atoms with van der Waals surface area (Å²) in [7, 11) is 3.55. The average molecular weight is 403 g/mol. The maximum atomic E-state index is 12.7. The van der Waals surface area contributed by atoms with E-state index in [4.69, 9.17) is 15.9 Å². The minimum absolute atomic E-state index is 0.212. The highest BCUT2D eigenvalue weighted by Gasteiger charge is 2.20. The van der Waals surface area contributed by atoms with E-state index in [1.807, 2.05) is 11.0 Å². The molecule has 6 nitrogen and oxygen atoms in total. The minimum Gasteiger partial charge on any atom is -0.485 e. The van der Waals surface area contributed by atoms with E-state index in [0.29, 0.717) is 54.3 Å². The normalized spacial score (nSPS) is 14.9. The summed E-state index contributed by atoms with van der Waals surface area (Å²) in [6.07, 6.45) is 4.47. The first-order valence-corrected chi connectivity index (χ1v) is 9.19. The van der Waals surface area contributed by atoms with E-state index in [1.54, 1.807) is 37.3 Å². The molecule has 0 aliphatic carbocycles. The van der Waals surface area contributed by atoms with Crippen LogP contribution in [-0.2, 0) is 4.74 Å². The highest BCUT2D eigenvalue weighted by atomic mass is 19.3. The van der Waals surface area contributed by atoms with Crippen LogP contribution in [0.25, 0.3) is 10.9 Å². The van der Waals surface area contributed by atoms with Gasteiger partial charge in [-0.2, -0.15) is 0 Å². The third-order valence-corrected chi connectivity index (χ3v) is 4.45. The molecule has 0 atom stereocenters. The number of rotatable bonds is 7. The number of fused-ring (bicyclic) bond motifs is 1. The van der Waals surface area contributed by atoms with Crippen LogP contribution < -0.4 is 9.64 Å². The Morgan fingerprint density at radius 3 is 2.72 bits per heavy atom. The van der Waals surface area contributed by atoms with Crippen molar-refractivity contribution in [3.8, 4) is 18.1 Å². The summed E-state index contributed by atoms with van der Waals surface area (Å²) in [5.41, 5.74) is 1.91. The van der Waals surface area contributed by atoms with Crippen LogP contribution in [-0.4, -0.2) is 69.1 Å². The number of aromatic nitrogens is 1. The lowest BCUT2D eigenvalue weighted by Gasteiger charge is -2.30. The maximum Gasteiger partial charge on any atom is 0.272 e. The van der Waals surface area contributed by atoms with Gasteiger partial charge in [0.05, 0.1) is 30.2 Å². The molecule has 1 fully saturated rings. The molecule has 0 spiro atoms. The molecule has 1 saturated heterocycles. The second kappa shape index (κ2) is 8.97. The molecule has 0 amide bonds. The lowest BCUT2D eigenvalue weighted by Crippen LogP contribution is -2.36. The SMILES string of the molecule is C#C/C(=C\N(C)C)C(=O)c1cc2cc(OCC(F)F)c(N3CCOCC3)cc2[nH]1. The van der Waals surface area contributed by atoms with Crippen molar-refractivity contribution in [3.05, 3.63) is 35.7 Å². The number of carbonyl (C=O) groups excluding carboxylic acids is 1. The lowest BCUT2D eigenvalue weighted by molar-refractivity contribution is 0.0817. The molecule has 2 heterocycles. The van der Waals surface area contributed by atoms with Crippen LogP contribution in [0.4, 0.5) is 14.5 Å². The minimum atomic E-state index is -2.58. The molecule has 0 bridgehead atoms. The summed E-state index contributed by atoms with van der Waals surface area (Å²) >= 11 is 0. The Labute approximate surface area is 168 Å². The van der Waals surface area contributed by atoms with E-state index < -0.39 is 13.0 Å². The van der Waals surface area contributed by atoms with Crippen LogP contribution in [0, 0.1) is 12.3 Å². The molecular weight excluding hydrogens is 380 g/mol. The monoisotopic (exact) mass is 403 g/mol. The number of terminal acetylenes is 1. The van der Waals surface area contributed by atoms with Crippen LogP contribution in [0.1, 0.15) is 10.5 Å². The number of morpholine rings is 1. The summed E-state index contributed by atoms with van der Waals surface area (Å²) in [6.45, 7) is 1.63. The zero-order valence-corrected chi connectivity index (χ0v) is 16.4. The summed E-state index contributed by atoms with van der Waals surface area (Å²) in [6, 6.07) is 5.13. The fraction of sp³-hybridized carbons (Fsp3) is 0.381. The highest BCUT2D eigenvalue weighted by molar-refractivity contribution is 6.12.